The predicted octanol–water partition coefficient (Wildman–Crippen LogP) is 4.73. The number of rotatable bonds is 16. The van der Waals surface area contributed by atoms with Crippen LogP contribution >= 0.6 is 0 Å². The molecule has 2 heterocycles. The first-order chi connectivity index (χ1) is 22.4. The third kappa shape index (κ3) is 8.46. The van der Waals surface area contributed by atoms with Crippen LogP contribution in [0.4, 0.5) is 0 Å². The number of ether oxygens (including phenoxy) is 1. The van der Waals surface area contributed by atoms with Crippen molar-refractivity contribution in [2.75, 3.05) is 13.2 Å². The van der Waals surface area contributed by atoms with E-state index in [0.29, 0.717) is 25.8 Å². The fourth-order valence-electron chi connectivity index (χ4n) is 7.36. The van der Waals surface area contributed by atoms with Gasteiger partial charge >= 0.3 is 5.97 Å². The Bertz CT molecular complexity index is 1370. The Morgan fingerprint density at radius 2 is 1.74 bits per heavy atom. The van der Waals surface area contributed by atoms with E-state index in [1.165, 1.54) is 0 Å². The molecular formula is C36H54N6O5. The number of ketones is 1. The number of nitrogens with one attached hydrogen (secondary N) is 1. The van der Waals surface area contributed by atoms with Crippen LogP contribution in [0.2, 0.25) is 0 Å². The van der Waals surface area contributed by atoms with Crippen molar-refractivity contribution in [3.8, 4) is 0 Å². The van der Waals surface area contributed by atoms with Crippen LogP contribution in [-0.2, 0) is 35.9 Å². The van der Waals surface area contributed by atoms with E-state index in [-0.39, 0.29) is 60.3 Å². The Labute approximate surface area is 279 Å². The van der Waals surface area contributed by atoms with E-state index in [0.717, 1.165) is 37.1 Å². The van der Waals surface area contributed by atoms with Gasteiger partial charge < -0.3 is 15.0 Å². The van der Waals surface area contributed by atoms with E-state index in [2.05, 4.69) is 46.8 Å². The fraction of sp³-hybridized carbons (Fsp3) is 0.694. The number of amides is 2. The minimum absolute atomic E-state index is 0.0187. The highest BCUT2D eigenvalue weighted by Crippen LogP contribution is 2.43. The largest absolute Gasteiger partial charge is 0.464 e. The van der Waals surface area contributed by atoms with Crippen molar-refractivity contribution in [2.24, 2.45) is 29.6 Å². The van der Waals surface area contributed by atoms with Gasteiger partial charge in [0.15, 0.2) is 5.82 Å². The average molecular weight is 651 g/mol. The van der Waals surface area contributed by atoms with Crippen LogP contribution in [-0.4, -0.2) is 73.9 Å². The van der Waals surface area contributed by atoms with Crippen molar-refractivity contribution < 1.29 is 23.9 Å². The van der Waals surface area contributed by atoms with Gasteiger partial charge in [-0.05, 0) is 86.1 Å². The summed E-state index contributed by atoms with van der Waals surface area (Å²) in [6.45, 7) is 14.3. The van der Waals surface area contributed by atoms with Gasteiger partial charge in [-0.1, -0.05) is 64.4 Å². The molecule has 11 nitrogen and oxygen atoms in total. The van der Waals surface area contributed by atoms with E-state index < -0.39 is 23.5 Å². The Kier molecular flexibility index (Phi) is 12.3. The number of esters is 1. The zero-order valence-corrected chi connectivity index (χ0v) is 29.3. The van der Waals surface area contributed by atoms with Crippen LogP contribution in [0.25, 0.3) is 0 Å². The van der Waals surface area contributed by atoms with Crippen LogP contribution in [0.1, 0.15) is 105 Å². The lowest BCUT2D eigenvalue weighted by Crippen LogP contribution is -2.56. The van der Waals surface area contributed by atoms with Crippen molar-refractivity contribution >= 4 is 23.6 Å². The highest BCUT2D eigenvalue weighted by Gasteiger charge is 2.51. The molecular weight excluding hydrogens is 596 g/mol. The molecule has 47 heavy (non-hydrogen) atoms. The first-order valence-electron chi connectivity index (χ1n) is 17.5. The molecule has 2 fully saturated rings. The summed E-state index contributed by atoms with van der Waals surface area (Å²) in [6, 6.07) is 8.69. The molecule has 1 aromatic heterocycles. The van der Waals surface area contributed by atoms with Gasteiger partial charge in [-0.2, -0.15) is 0 Å². The number of benzene rings is 1. The lowest BCUT2D eigenvalue weighted by Gasteiger charge is -2.32. The molecule has 1 aliphatic carbocycles. The summed E-state index contributed by atoms with van der Waals surface area (Å²) in [5.74, 6) is -0.576. The van der Waals surface area contributed by atoms with Crippen LogP contribution in [0, 0.1) is 29.6 Å². The maximum atomic E-state index is 13.9. The van der Waals surface area contributed by atoms with Crippen LogP contribution in [0.5, 0.6) is 0 Å². The molecule has 2 aliphatic rings. The molecule has 0 spiro atoms. The molecule has 1 aromatic carbocycles. The van der Waals surface area contributed by atoms with E-state index in [1.54, 1.807) is 11.8 Å². The Morgan fingerprint density at radius 3 is 2.40 bits per heavy atom. The molecule has 11 heteroatoms. The molecule has 4 rings (SSSR count). The monoisotopic (exact) mass is 650 g/mol. The van der Waals surface area contributed by atoms with Gasteiger partial charge in [0.2, 0.25) is 11.8 Å². The van der Waals surface area contributed by atoms with E-state index in [9.17, 15) is 19.2 Å². The first-order valence-corrected chi connectivity index (χ1v) is 17.5. The number of unbranched alkanes of at least 4 members (excludes halogenated alkanes) is 1. The van der Waals surface area contributed by atoms with E-state index in [4.69, 9.17) is 4.74 Å². The summed E-state index contributed by atoms with van der Waals surface area (Å²) < 4.78 is 7.23. The van der Waals surface area contributed by atoms with E-state index in [1.807, 2.05) is 50.6 Å². The second-order valence-corrected chi connectivity index (χ2v) is 14.5. The summed E-state index contributed by atoms with van der Waals surface area (Å²) >= 11 is 0. The fourth-order valence-corrected chi connectivity index (χ4v) is 7.36. The number of nitrogens with zero attached hydrogens (tertiary/aromatic N) is 5. The quantitative estimate of drug-likeness (QED) is 0.203. The molecule has 0 radical (unpaired) electrons. The summed E-state index contributed by atoms with van der Waals surface area (Å²) in [7, 11) is 0. The van der Waals surface area contributed by atoms with Crippen LogP contribution < -0.4 is 5.32 Å². The Morgan fingerprint density at radius 1 is 1.02 bits per heavy atom. The maximum absolute atomic E-state index is 13.9. The van der Waals surface area contributed by atoms with E-state index >= 15 is 0 Å². The predicted molar refractivity (Wildman–Crippen MR) is 178 cm³/mol. The lowest BCUT2D eigenvalue weighted by molar-refractivity contribution is -0.155. The number of hydrogen-bond acceptors (Lipinski definition) is 8. The van der Waals surface area contributed by atoms with Gasteiger partial charge in [0, 0.05) is 31.7 Å². The molecule has 1 N–H and O–H groups in total. The lowest BCUT2D eigenvalue weighted by atomic mass is 9.88. The second-order valence-electron chi connectivity index (χ2n) is 14.5. The molecule has 0 bridgehead atoms. The summed E-state index contributed by atoms with van der Waals surface area (Å²) in [6.07, 6.45) is 5.43. The Hall–Kier alpha value is -3.63. The van der Waals surface area contributed by atoms with Crippen molar-refractivity contribution in [1.82, 2.24) is 30.4 Å². The number of carbonyl (C=O) groups is 4. The number of Topliss-reactive ketones (excluding diaryl/α,β-unsaturated/α-hetero) is 1. The Balaban J connectivity index is 1.33. The van der Waals surface area contributed by atoms with Gasteiger partial charge in [-0.15, -0.1) is 5.10 Å². The molecule has 1 aliphatic heterocycles. The minimum Gasteiger partial charge on any atom is -0.464 e. The first kappa shape index (κ1) is 36.2. The van der Waals surface area contributed by atoms with Crippen molar-refractivity contribution in [2.45, 2.75) is 117 Å². The number of fused-ring (bicyclic) bond motifs is 1. The van der Waals surface area contributed by atoms with Gasteiger partial charge in [0.1, 0.15) is 17.9 Å². The molecule has 258 valence electrons. The minimum atomic E-state index is -0.791. The standard InChI is InChI=1S/C36H54N6O5/c1-8-47-35(46)32-28-19-14-15-25(28)22-41(32)34(45)31(24(4)5)37-33(44)29(23(2)3)21-27(43)18-12-13-20-30-38-39-40-42(30)36(6,7)26-16-10-9-11-17-26/h9-11,16-17,23-25,28-29,31-32H,8,12-15,18-22H2,1-7H3,(H,37,44)/t25?,28-,29-,31-,32?/m0/s1. The van der Waals surface area contributed by atoms with Gasteiger partial charge in [0.25, 0.3) is 0 Å². The molecule has 5 atom stereocenters. The second kappa shape index (κ2) is 16.0. The topological polar surface area (TPSA) is 136 Å². The van der Waals surface area contributed by atoms with Gasteiger partial charge in [-0.3, -0.25) is 14.4 Å². The van der Waals surface area contributed by atoms with Crippen LogP contribution in [0.3, 0.4) is 0 Å². The number of likely N-dealkylation sites (tertiary alicyclic amines) is 1. The SMILES string of the molecule is CCOC(=O)C1[C@H]2CCCC2CN1C(=O)[C@@H](NC(=O)[C@@H](CC(=O)CCCCc1nnnn1C(C)(C)c1ccccc1)C(C)C)C(C)C. The molecule has 2 aromatic rings. The van der Waals surface area contributed by atoms with Crippen molar-refractivity contribution in [1.29, 1.82) is 0 Å². The normalized spacial score (nSPS) is 20.7. The smallest absolute Gasteiger partial charge is 0.329 e. The average Bonchev–Trinajstić information content (AvgIpc) is 3.77. The zero-order chi connectivity index (χ0) is 34.3. The summed E-state index contributed by atoms with van der Waals surface area (Å²) in [5, 5.41) is 15.4. The third-order valence-corrected chi connectivity index (χ3v) is 10.2. The van der Waals surface area contributed by atoms with Gasteiger partial charge in [0.05, 0.1) is 12.1 Å². The number of hydrogen-bond donors (Lipinski definition) is 1. The maximum Gasteiger partial charge on any atom is 0.329 e. The molecule has 2 unspecified atom stereocenters. The third-order valence-electron chi connectivity index (χ3n) is 10.2. The number of tetrazole rings is 1. The van der Waals surface area contributed by atoms with Crippen molar-refractivity contribution in [3.05, 3.63) is 41.7 Å². The van der Waals surface area contributed by atoms with Gasteiger partial charge in [-0.25, -0.2) is 9.48 Å². The number of aryl methyl sites for hydroxylation is 1. The summed E-state index contributed by atoms with van der Waals surface area (Å²) in [5.41, 5.74) is 0.682. The highest BCUT2D eigenvalue weighted by atomic mass is 16.5. The molecule has 1 saturated heterocycles. The highest BCUT2D eigenvalue weighted by molar-refractivity contribution is 5.93. The summed E-state index contributed by atoms with van der Waals surface area (Å²) in [4.78, 5) is 55.4. The molecule has 2 amide bonds. The zero-order valence-electron chi connectivity index (χ0n) is 29.3. The number of aromatic nitrogens is 4. The number of carbonyl (C=O) groups excluding carboxylic acids is 4. The molecule has 1 saturated carbocycles. The van der Waals surface area contributed by atoms with Crippen LogP contribution in [0.15, 0.2) is 30.3 Å². The van der Waals surface area contributed by atoms with Crippen molar-refractivity contribution in [3.63, 3.8) is 0 Å².